The molecule has 466 valence electrons. The third-order valence-corrected chi connectivity index (χ3v) is 15.5. The van der Waals surface area contributed by atoms with Crippen molar-refractivity contribution in [1.82, 2.24) is 21.3 Å². The van der Waals surface area contributed by atoms with E-state index in [2.05, 4.69) is 32.3 Å². The number of nitrogens with two attached hydrogens (primary N) is 3. The fraction of sp³-hybridized carbons (Fsp3) is 0.290. The zero-order chi connectivity index (χ0) is 59.7. The Morgan fingerprint density at radius 1 is 0.625 bits per heavy atom. The number of hydrogen-bond acceptors (Lipinski definition) is 12. The van der Waals surface area contributed by atoms with Crippen LogP contribution >= 0.6 is 73.4 Å². The summed E-state index contributed by atoms with van der Waals surface area (Å²) < 4.78 is 4.88. The molecule has 0 spiro atoms. The van der Waals surface area contributed by atoms with E-state index in [9.17, 15) is 33.9 Å². The molecular formula is C62H72Cl4LiN9O10S2. The van der Waals surface area contributed by atoms with E-state index in [4.69, 9.17) is 73.8 Å². The molecule has 2 unspecified atom stereocenters. The van der Waals surface area contributed by atoms with E-state index in [1.807, 2.05) is 91.0 Å². The molecule has 2 aliphatic rings. The number of Topliss-reactive ketones (excluding diaryl/α,β-unsaturated/α-hetero) is 2. The van der Waals surface area contributed by atoms with E-state index in [0.29, 0.717) is 12.1 Å². The molecular weight excluding hydrogens is 1240 g/mol. The molecule has 0 radical (unpaired) electrons. The SMILES string of the molecule is COC(=O)[C@H](CCC(=O)CNC1CCCc2ccc(N=C(N)N)cc21)NC(=O)c1c(Cl)cc(-c2ccccc2)cc1Cl.N=C(N)Cc1ccc2c(c1)C(NCC(=O)CC[C@H](NC(=O)c1c(Cl)cc(-c3ccccc3)cc1Cl)C(=O)O)CCC2.O.S.S.[Li+].[OH-]. The zero-order valence-electron chi connectivity index (χ0n) is 48.5. The summed E-state index contributed by atoms with van der Waals surface area (Å²) in [6.45, 7) is 0.164. The third kappa shape index (κ3) is 22.0. The minimum absolute atomic E-state index is 0. The van der Waals surface area contributed by atoms with Crippen molar-refractivity contribution >= 4 is 126 Å². The Morgan fingerprint density at radius 2 is 1.05 bits per heavy atom. The summed E-state index contributed by atoms with van der Waals surface area (Å²) >= 11 is 25.7. The van der Waals surface area contributed by atoms with Gasteiger partial charge in [0.05, 0.1) is 62.9 Å². The van der Waals surface area contributed by atoms with Crippen LogP contribution in [0.5, 0.6) is 0 Å². The number of nitrogens with zero attached hydrogens (tertiary/aromatic N) is 1. The van der Waals surface area contributed by atoms with Crippen LogP contribution in [0.1, 0.15) is 112 Å². The van der Waals surface area contributed by atoms with Gasteiger partial charge < -0.3 is 59.3 Å². The number of carbonyl (C=O) groups is 6. The van der Waals surface area contributed by atoms with Gasteiger partial charge in [0.1, 0.15) is 23.7 Å². The van der Waals surface area contributed by atoms with Crippen LogP contribution in [-0.2, 0) is 43.2 Å². The van der Waals surface area contributed by atoms with E-state index in [-0.39, 0.29) is 162 Å². The van der Waals surface area contributed by atoms with Crippen LogP contribution in [0.4, 0.5) is 5.69 Å². The number of esters is 1. The molecule has 0 bridgehead atoms. The molecule has 0 saturated heterocycles. The van der Waals surface area contributed by atoms with Crippen molar-refractivity contribution in [3.63, 3.8) is 0 Å². The smallest absolute Gasteiger partial charge is 0.870 e. The van der Waals surface area contributed by atoms with E-state index in [1.165, 1.54) is 18.2 Å². The Labute approximate surface area is 557 Å². The molecule has 8 rings (SSSR count). The number of hydrogen-bond donors (Lipinski definition) is 9. The molecule has 19 nitrogen and oxygen atoms in total. The predicted molar refractivity (Wildman–Crippen MR) is 352 cm³/mol. The second-order valence-corrected chi connectivity index (χ2v) is 21.9. The van der Waals surface area contributed by atoms with Crippen molar-refractivity contribution in [2.45, 2.75) is 94.8 Å². The van der Waals surface area contributed by atoms with Crippen molar-refractivity contribution in [3.05, 3.63) is 180 Å². The van der Waals surface area contributed by atoms with Crippen LogP contribution in [0.15, 0.2) is 126 Å². The summed E-state index contributed by atoms with van der Waals surface area (Å²) in [4.78, 5) is 80.2. The van der Waals surface area contributed by atoms with Crippen LogP contribution in [0.2, 0.25) is 20.1 Å². The summed E-state index contributed by atoms with van der Waals surface area (Å²) in [6, 6.07) is 34.8. The molecule has 2 amide bonds. The first kappa shape index (κ1) is 77.7. The molecule has 0 heterocycles. The van der Waals surface area contributed by atoms with Gasteiger partial charge in [0.25, 0.3) is 11.8 Å². The largest absolute Gasteiger partial charge is 1.00 e. The number of fused-ring (bicyclic) bond motifs is 2. The minimum atomic E-state index is -1.29. The van der Waals surface area contributed by atoms with E-state index in [0.717, 1.165) is 77.5 Å². The minimum Gasteiger partial charge on any atom is -0.870 e. The van der Waals surface area contributed by atoms with Crippen molar-refractivity contribution in [3.8, 4) is 22.3 Å². The molecule has 0 saturated carbocycles. The van der Waals surface area contributed by atoms with Gasteiger partial charge in [-0.15, -0.1) is 0 Å². The molecule has 6 aromatic rings. The monoisotopic (exact) mass is 1310 g/mol. The molecule has 6 aromatic carbocycles. The summed E-state index contributed by atoms with van der Waals surface area (Å²) in [5, 5.41) is 29.5. The first-order valence-electron chi connectivity index (χ1n) is 27.0. The maximum Gasteiger partial charge on any atom is 1.00 e. The third-order valence-electron chi connectivity index (χ3n) is 14.3. The Balaban J connectivity index is 0.000000568. The number of carboxylic acid groups (broad SMARTS) is 1. The maximum absolute atomic E-state index is 13.1. The molecule has 4 atom stereocenters. The Morgan fingerprint density at radius 3 is 1.47 bits per heavy atom. The van der Waals surface area contributed by atoms with Crippen LogP contribution in [0.25, 0.3) is 22.3 Å². The number of ether oxygens (including phenoxy) is 1. The average molecular weight is 1320 g/mol. The van der Waals surface area contributed by atoms with Gasteiger partial charge >= 0.3 is 30.8 Å². The van der Waals surface area contributed by atoms with Gasteiger partial charge in [-0.25, -0.2) is 14.6 Å². The van der Waals surface area contributed by atoms with Gasteiger partial charge in [-0.2, -0.15) is 27.0 Å². The molecule has 0 aromatic heterocycles. The average Bonchev–Trinajstić information content (AvgIpc) is 3.54. The van der Waals surface area contributed by atoms with Gasteiger partial charge in [-0.05, 0) is 138 Å². The number of nitrogens with one attached hydrogen (secondary N) is 5. The van der Waals surface area contributed by atoms with E-state index >= 15 is 0 Å². The molecule has 0 aliphatic heterocycles. The van der Waals surface area contributed by atoms with Gasteiger partial charge in [-0.1, -0.05) is 131 Å². The number of ketones is 2. The summed E-state index contributed by atoms with van der Waals surface area (Å²) in [7, 11) is 1.22. The summed E-state index contributed by atoms with van der Waals surface area (Å²) in [5.41, 5.74) is 26.0. The number of aliphatic carboxylic acids is 1. The number of amides is 2. The van der Waals surface area contributed by atoms with Crippen LogP contribution < -0.4 is 57.3 Å². The summed E-state index contributed by atoms with van der Waals surface area (Å²) in [6.07, 6.45) is 5.91. The van der Waals surface area contributed by atoms with Gasteiger partial charge in [0.2, 0.25) is 0 Å². The van der Waals surface area contributed by atoms with Gasteiger partial charge in [0.15, 0.2) is 5.96 Å². The number of aryl methyl sites for hydroxylation is 2. The fourth-order valence-corrected chi connectivity index (χ4v) is 11.5. The van der Waals surface area contributed by atoms with Crippen molar-refractivity contribution in [2.75, 3.05) is 20.2 Å². The van der Waals surface area contributed by atoms with Crippen LogP contribution in [0, 0.1) is 5.41 Å². The fourth-order valence-electron chi connectivity index (χ4n) is 10.2. The maximum atomic E-state index is 13.1. The zero-order valence-corrected chi connectivity index (χ0v) is 53.5. The normalized spacial score (nSPS) is 14.1. The molecule has 26 heteroatoms. The predicted octanol–water partition coefficient (Wildman–Crippen LogP) is 6.42. The number of carbonyl (C=O) groups excluding carboxylic acids is 5. The van der Waals surface area contributed by atoms with Crippen molar-refractivity contribution < 1.29 is 68.4 Å². The first-order chi connectivity index (χ1) is 39.8. The number of benzene rings is 6. The number of rotatable bonds is 23. The second-order valence-electron chi connectivity index (χ2n) is 20.2. The number of amidine groups is 1. The van der Waals surface area contributed by atoms with Crippen LogP contribution in [0.3, 0.4) is 0 Å². The van der Waals surface area contributed by atoms with Gasteiger partial charge in [0, 0.05) is 31.3 Å². The molecule has 15 N–H and O–H groups in total. The molecule has 0 fully saturated rings. The van der Waals surface area contributed by atoms with Crippen LogP contribution in [-0.4, -0.2) is 95.5 Å². The number of halogens is 4. The summed E-state index contributed by atoms with van der Waals surface area (Å²) in [5.74, 6) is -3.51. The van der Waals surface area contributed by atoms with Crippen molar-refractivity contribution in [2.24, 2.45) is 22.2 Å². The second kappa shape index (κ2) is 37.5. The number of guanidine groups is 1. The number of carboxylic acids is 1. The standard InChI is InChI=1S/C31H33Cl2N5O4.C31H32Cl2N4O4.Li.2H2O.2H2S/c1-42-30(41)27(38-29(40)28-24(32)14-20(15-25(28)33)18-6-3-2-4-7-18)13-12-22(39)17-36-26-9-5-8-19-10-11-21(16-23(19)26)37-31(34)35;32-24-15-21(19-5-2-1-3-6-19)16-25(33)29(24)30(39)37-27(31(40)41)12-11-22(38)17-36-26-8-4-7-20-10-9-18(13-23(20)26)14-28(34)35;;;;;/h2-4,6-7,10-11,14-16,26-27,36H,5,8-9,12-13,17H2,1H3,(H,38,40)(H4,34,35,37);1-3,5-6,9-10,13,15-16,26-27,36H,4,7-8,11-12,14,17H2,(H3,34,35)(H,37,39)(H,40,41);;4*1H2/q;;+1;;;;/p-1/t2*26?,27-;;;;;/m00...../s1. The van der Waals surface area contributed by atoms with E-state index < -0.39 is 35.8 Å². The Hall–Kier alpha value is -6.42. The Kier molecular flexibility index (Phi) is 33.1. The first-order valence-corrected chi connectivity index (χ1v) is 28.5. The number of aliphatic imine (C=N–C) groups is 1. The van der Waals surface area contributed by atoms with Gasteiger partial charge in [-0.3, -0.25) is 24.6 Å². The topological polar surface area (TPSA) is 356 Å². The quantitative estimate of drug-likeness (QED) is 0.0145. The number of methoxy groups -OCH3 is 1. The molecule has 2 aliphatic carbocycles. The molecule has 88 heavy (non-hydrogen) atoms. The Bertz CT molecular complexity index is 3380. The van der Waals surface area contributed by atoms with Crippen molar-refractivity contribution in [1.29, 1.82) is 5.41 Å². The van der Waals surface area contributed by atoms with E-state index in [1.54, 1.807) is 24.3 Å².